The van der Waals surface area contributed by atoms with Crippen LogP contribution in [0.25, 0.3) is 0 Å². The van der Waals surface area contributed by atoms with Gasteiger partial charge in [-0.25, -0.2) is 4.98 Å². The van der Waals surface area contributed by atoms with Gasteiger partial charge in [0.05, 0.1) is 13.2 Å². The Morgan fingerprint density at radius 1 is 1.50 bits per heavy atom. The van der Waals surface area contributed by atoms with Crippen molar-refractivity contribution in [2.75, 3.05) is 51.3 Å². The molecule has 0 aliphatic carbocycles. The molecule has 0 bridgehead atoms. The topological polar surface area (TPSA) is 70.6 Å². The lowest BCUT2D eigenvalue weighted by Gasteiger charge is -2.46. The van der Waals surface area contributed by atoms with Gasteiger partial charge in [-0.05, 0) is 0 Å². The lowest BCUT2D eigenvalue weighted by atomic mass is 10.1. The predicted octanol–water partition coefficient (Wildman–Crippen LogP) is -0.653. The summed E-state index contributed by atoms with van der Waals surface area (Å²) < 4.78 is 9.37. The first-order valence-corrected chi connectivity index (χ1v) is 7.61. The minimum absolute atomic E-state index is 0.132. The number of rotatable bonds is 5. The van der Waals surface area contributed by atoms with Gasteiger partial charge < -0.3 is 15.0 Å². The van der Waals surface area contributed by atoms with E-state index in [1.165, 1.54) is 11.5 Å². The number of anilines is 1. The molecule has 2 aliphatic heterocycles. The van der Waals surface area contributed by atoms with Crippen LogP contribution in [0, 0.1) is 0 Å². The number of hydrogen-bond acceptors (Lipinski definition) is 7. The molecule has 1 amide bonds. The highest BCUT2D eigenvalue weighted by Gasteiger charge is 2.35. The standard InChI is InChI=1S/C12H19N5O2S/c1-19-5-2-10-14-12(20-15-10)17-6-9(7-17)16-4-3-13-11(18)8-16/h9H,2-8H2,1H3,(H,13,18). The maximum atomic E-state index is 11.4. The van der Waals surface area contributed by atoms with Crippen LogP contribution in [0.3, 0.4) is 0 Å². The molecule has 2 aliphatic rings. The van der Waals surface area contributed by atoms with Crippen molar-refractivity contribution in [2.24, 2.45) is 0 Å². The molecule has 0 unspecified atom stereocenters. The van der Waals surface area contributed by atoms with Crippen LogP contribution in [0.4, 0.5) is 5.13 Å². The number of carbonyl (C=O) groups excluding carboxylic acids is 1. The molecule has 0 aromatic carbocycles. The molecule has 8 heteroatoms. The fourth-order valence-electron chi connectivity index (χ4n) is 2.48. The summed E-state index contributed by atoms with van der Waals surface area (Å²) in [6.45, 7) is 4.75. The van der Waals surface area contributed by atoms with Crippen molar-refractivity contribution >= 4 is 22.6 Å². The van der Waals surface area contributed by atoms with Crippen LogP contribution in [0.15, 0.2) is 0 Å². The lowest BCUT2D eigenvalue weighted by molar-refractivity contribution is -0.125. The second-order valence-electron chi connectivity index (χ2n) is 5.12. The van der Waals surface area contributed by atoms with E-state index in [0.29, 0.717) is 19.2 Å². The molecule has 1 aromatic heterocycles. The summed E-state index contributed by atoms with van der Waals surface area (Å²) in [4.78, 5) is 20.4. The van der Waals surface area contributed by atoms with Crippen LogP contribution in [0.5, 0.6) is 0 Å². The van der Waals surface area contributed by atoms with Gasteiger partial charge in [0, 0.05) is 57.3 Å². The van der Waals surface area contributed by atoms with Crippen LogP contribution in [-0.2, 0) is 16.0 Å². The zero-order valence-corrected chi connectivity index (χ0v) is 12.4. The Kier molecular flexibility index (Phi) is 4.13. The number of nitrogens with zero attached hydrogens (tertiary/aromatic N) is 4. The summed E-state index contributed by atoms with van der Waals surface area (Å²) in [5.74, 6) is 0.986. The van der Waals surface area contributed by atoms with E-state index < -0.39 is 0 Å². The van der Waals surface area contributed by atoms with Crippen molar-refractivity contribution in [3.8, 4) is 0 Å². The van der Waals surface area contributed by atoms with Gasteiger partial charge in [-0.1, -0.05) is 0 Å². The molecule has 2 fully saturated rings. The second-order valence-corrected chi connectivity index (χ2v) is 5.85. The van der Waals surface area contributed by atoms with E-state index >= 15 is 0 Å². The SMILES string of the molecule is COCCc1nsc(N2CC(N3CCNC(=O)C3)C2)n1. The number of nitrogens with one attached hydrogen (secondary N) is 1. The van der Waals surface area contributed by atoms with E-state index in [9.17, 15) is 4.79 Å². The molecule has 3 heterocycles. The molecule has 3 rings (SSSR count). The highest BCUT2D eigenvalue weighted by atomic mass is 32.1. The van der Waals surface area contributed by atoms with E-state index in [1.54, 1.807) is 7.11 Å². The second kappa shape index (κ2) is 6.02. The number of carbonyl (C=O) groups is 1. The zero-order chi connectivity index (χ0) is 13.9. The molecule has 1 N–H and O–H groups in total. The Bertz CT molecular complexity index is 474. The molecular formula is C12H19N5O2S. The first-order valence-electron chi connectivity index (χ1n) is 6.83. The molecular weight excluding hydrogens is 278 g/mol. The quantitative estimate of drug-likeness (QED) is 0.779. The van der Waals surface area contributed by atoms with E-state index in [4.69, 9.17) is 4.74 Å². The number of hydrogen-bond donors (Lipinski definition) is 1. The van der Waals surface area contributed by atoms with Gasteiger partial charge >= 0.3 is 0 Å². The smallest absolute Gasteiger partial charge is 0.234 e. The fourth-order valence-corrected chi connectivity index (χ4v) is 3.21. The molecule has 1 aromatic rings. The van der Waals surface area contributed by atoms with E-state index in [-0.39, 0.29) is 5.91 Å². The number of aromatic nitrogens is 2. The van der Waals surface area contributed by atoms with Gasteiger partial charge in [0.1, 0.15) is 5.82 Å². The molecule has 20 heavy (non-hydrogen) atoms. The summed E-state index contributed by atoms with van der Waals surface area (Å²) in [5.41, 5.74) is 0. The normalized spacial score (nSPS) is 20.9. The Hall–Kier alpha value is -1.25. The number of amides is 1. The maximum absolute atomic E-state index is 11.4. The van der Waals surface area contributed by atoms with Gasteiger partial charge in [-0.3, -0.25) is 9.69 Å². The molecule has 0 saturated carbocycles. The van der Waals surface area contributed by atoms with Crippen LogP contribution in [0.2, 0.25) is 0 Å². The number of ether oxygens (including phenoxy) is 1. The van der Waals surface area contributed by atoms with Crippen LogP contribution < -0.4 is 10.2 Å². The van der Waals surface area contributed by atoms with Crippen molar-refractivity contribution in [1.29, 1.82) is 0 Å². The number of methoxy groups -OCH3 is 1. The van der Waals surface area contributed by atoms with Crippen molar-refractivity contribution < 1.29 is 9.53 Å². The van der Waals surface area contributed by atoms with Crippen molar-refractivity contribution in [3.05, 3.63) is 5.82 Å². The van der Waals surface area contributed by atoms with Crippen molar-refractivity contribution in [3.63, 3.8) is 0 Å². The highest BCUT2D eigenvalue weighted by molar-refractivity contribution is 7.09. The molecule has 0 radical (unpaired) electrons. The Morgan fingerprint density at radius 3 is 3.10 bits per heavy atom. The highest BCUT2D eigenvalue weighted by Crippen LogP contribution is 2.25. The Balaban J connectivity index is 1.49. The summed E-state index contributed by atoms with van der Waals surface area (Å²) >= 11 is 1.44. The average molecular weight is 297 g/mol. The van der Waals surface area contributed by atoms with E-state index in [0.717, 1.165) is 43.6 Å². The van der Waals surface area contributed by atoms with Crippen LogP contribution in [-0.4, -0.2) is 72.6 Å². The molecule has 110 valence electrons. The predicted molar refractivity (Wildman–Crippen MR) is 76.1 cm³/mol. The summed E-state index contributed by atoms with van der Waals surface area (Å²) in [5, 5.41) is 3.83. The monoisotopic (exact) mass is 297 g/mol. The van der Waals surface area contributed by atoms with E-state index in [1.807, 2.05) is 0 Å². The molecule has 7 nitrogen and oxygen atoms in total. The summed E-state index contributed by atoms with van der Waals surface area (Å²) in [7, 11) is 1.68. The van der Waals surface area contributed by atoms with Crippen molar-refractivity contribution in [1.82, 2.24) is 19.6 Å². The van der Waals surface area contributed by atoms with E-state index in [2.05, 4.69) is 24.5 Å². The lowest BCUT2D eigenvalue weighted by Crippen LogP contribution is -2.63. The first-order chi connectivity index (χ1) is 9.76. The molecule has 2 saturated heterocycles. The largest absolute Gasteiger partial charge is 0.384 e. The van der Waals surface area contributed by atoms with Crippen molar-refractivity contribution in [2.45, 2.75) is 12.5 Å². The first kappa shape index (κ1) is 13.7. The Labute approximate surface area is 122 Å². The van der Waals surface area contributed by atoms with Gasteiger partial charge in [0.15, 0.2) is 0 Å². The van der Waals surface area contributed by atoms with Gasteiger partial charge in [0.2, 0.25) is 11.0 Å². The molecule has 0 spiro atoms. The van der Waals surface area contributed by atoms with Crippen LogP contribution in [0.1, 0.15) is 5.82 Å². The minimum atomic E-state index is 0.132. The van der Waals surface area contributed by atoms with Gasteiger partial charge in [-0.15, -0.1) is 0 Å². The third kappa shape index (κ3) is 2.92. The van der Waals surface area contributed by atoms with Crippen LogP contribution >= 0.6 is 11.5 Å². The summed E-state index contributed by atoms with van der Waals surface area (Å²) in [6.07, 6.45) is 0.760. The van der Waals surface area contributed by atoms with Gasteiger partial charge in [0.25, 0.3) is 0 Å². The zero-order valence-electron chi connectivity index (χ0n) is 11.5. The third-order valence-electron chi connectivity index (χ3n) is 3.70. The Morgan fingerprint density at radius 2 is 2.35 bits per heavy atom. The fraction of sp³-hybridized carbons (Fsp3) is 0.750. The summed E-state index contributed by atoms with van der Waals surface area (Å²) in [6, 6.07) is 0.465. The minimum Gasteiger partial charge on any atom is -0.384 e. The number of piperazine rings is 1. The molecule has 0 atom stereocenters. The maximum Gasteiger partial charge on any atom is 0.234 e. The average Bonchev–Trinajstić information content (AvgIpc) is 2.83. The third-order valence-corrected chi connectivity index (χ3v) is 4.52. The van der Waals surface area contributed by atoms with Gasteiger partial charge in [-0.2, -0.15) is 4.37 Å².